The van der Waals surface area contributed by atoms with Crippen LogP contribution in [0.5, 0.6) is 0 Å². The Kier molecular flexibility index (Phi) is 3.26. The van der Waals surface area contributed by atoms with E-state index in [1.165, 1.54) is 5.56 Å². The van der Waals surface area contributed by atoms with Crippen molar-refractivity contribution in [3.05, 3.63) is 52.7 Å². The van der Waals surface area contributed by atoms with Crippen LogP contribution >= 0.6 is 0 Å². The van der Waals surface area contributed by atoms with E-state index in [1.54, 1.807) is 0 Å². The summed E-state index contributed by atoms with van der Waals surface area (Å²) >= 11 is 0. The van der Waals surface area contributed by atoms with Gasteiger partial charge in [-0.05, 0) is 48.6 Å². The number of nitrogens with zero attached hydrogens (tertiary/aromatic N) is 2. The number of anilines is 2. The maximum absolute atomic E-state index is 9.24. The Hall–Kier alpha value is -2.54. The first-order valence-corrected chi connectivity index (χ1v) is 6.77. The topological polar surface area (TPSA) is 74.7 Å². The maximum Gasteiger partial charge on any atom is 0.144 e. The number of nitriles is 1. The molecule has 1 aromatic carbocycles. The lowest BCUT2D eigenvalue weighted by molar-refractivity contribution is 0.899. The number of nitrogens with two attached hydrogens (primary N) is 1. The molecule has 4 heteroatoms. The van der Waals surface area contributed by atoms with Crippen LogP contribution in [0.4, 0.5) is 11.5 Å². The van der Waals surface area contributed by atoms with Gasteiger partial charge in [-0.1, -0.05) is 12.1 Å². The molecule has 1 heterocycles. The first-order chi connectivity index (χ1) is 9.76. The molecule has 100 valence electrons. The van der Waals surface area contributed by atoms with E-state index >= 15 is 0 Å². The Morgan fingerprint density at radius 3 is 3.00 bits per heavy atom. The van der Waals surface area contributed by atoms with E-state index in [1.807, 2.05) is 30.3 Å². The first kappa shape index (κ1) is 12.5. The molecule has 0 aliphatic heterocycles. The number of pyridine rings is 1. The van der Waals surface area contributed by atoms with Crippen molar-refractivity contribution in [2.24, 2.45) is 0 Å². The van der Waals surface area contributed by atoms with Gasteiger partial charge >= 0.3 is 0 Å². The summed E-state index contributed by atoms with van der Waals surface area (Å²) in [6, 6.07) is 11.9. The van der Waals surface area contributed by atoms with Crippen LogP contribution in [0.1, 0.15) is 28.8 Å². The van der Waals surface area contributed by atoms with Crippen molar-refractivity contribution >= 4 is 11.5 Å². The first-order valence-electron chi connectivity index (χ1n) is 6.77. The second-order valence-corrected chi connectivity index (χ2v) is 5.05. The number of aryl methyl sites for hydroxylation is 2. The van der Waals surface area contributed by atoms with Gasteiger partial charge in [0.1, 0.15) is 11.9 Å². The van der Waals surface area contributed by atoms with Crippen molar-refractivity contribution in [1.82, 2.24) is 4.98 Å². The molecule has 1 aliphatic carbocycles. The van der Waals surface area contributed by atoms with Crippen molar-refractivity contribution in [3.63, 3.8) is 0 Å². The molecular weight excluding hydrogens is 248 g/mol. The molecule has 4 nitrogen and oxygen atoms in total. The van der Waals surface area contributed by atoms with Crippen LogP contribution in [0.15, 0.2) is 30.3 Å². The highest BCUT2D eigenvalue weighted by atomic mass is 15.0. The smallest absolute Gasteiger partial charge is 0.144 e. The summed E-state index contributed by atoms with van der Waals surface area (Å²) in [4.78, 5) is 4.60. The molecule has 0 saturated carbocycles. The van der Waals surface area contributed by atoms with Gasteiger partial charge in [0.15, 0.2) is 0 Å². The van der Waals surface area contributed by atoms with Gasteiger partial charge < -0.3 is 11.1 Å². The minimum Gasteiger partial charge on any atom is -0.399 e. The lowest BCUT2D eigenvalue weighted by Gasteiger charge is -2.10. The summed E-state index contributed by atoms with van der Waals surface area (Å²) in [6.45, 7) is 0.617. The Morgan fingerprint density at radius 1 is 1.30 bits per heavy atom. The number of benzene rings is 1. The van der Waals surface area contributed by atoms with Crippen LogP contribution in [-0.2, 0) is 19.4 Å². The molecule has 1 aromatic heterocycles. The van der Waals surface area contributed by atoms with E-state index in [2.05, 4.69) is 16.4 Å². The molecule has 3 N–H and O–H groups in total. The van der Waals surface area contributed by atoms with Gasteiger partial charge in [0.2, 0.25) is 0 Å². The van der Waals surface area contributed by atoms with Crippen LogP contribution in [-0.4, -0.2) is 4.98 Å². The van der Waals surface area contributed by atoms with Gasteiger partial charge in [-0.2, -0.15) is 5.26 Å². The summed E-state index contributed by atoms with van der Waals surface area (Å²) in [5.74, 6) is 0.676. The monoisotopic (exact) mass is 264 g/mol. The summed E-state index contributed by atoms with van der Waals surface area (Å²) in [5.41, 5.74) is 10.5. The largest absolute Gasteiger partial charge is 0.399 e. The second kappa shape index (κ2) is 5.22. The van der Waals surface area contributed by atoms with E-state index < -0.39 is 0 Å². The fourth-order valence-electron chi connectivity index (χ4n) is 2.58. The minimum absolute atomic E-state index is 0.617. The lowest BCUT2D eigenvalue weighted by atomic mass is 10.1. The third kappa shape index (κ3) is 2.43. The predicted octanol–water partition coefficient (Wildman–Crippen LogP) is 2.64. The zero-order valence-electron chi connectivity index (χ0n) is 11.2. The molecule has 20 heavy (non-hydrogen) atoms. The Balaban J connectivity index is 1.82. The fourth-order valence-corrected chi connectivity index (χ4v) is 2.58. The Labute approximate surface area is 118 Å². The molecule has 0 unspecified atom stereocenters. The zero-order valence-corrected chi connectivity index (χ0v) is 11.2. The third-order valence-electron chi connectivity index (χ3n) is 3.58. The van der Waals surface area contributed by atoms with E-state index in [0.717, 1.165) is 36.2 Å². The van der Waals surface area contributed by atoms with Crippen LogP contribution in [0.25, 0.3) is 0 Å². The highest BCUT2D eigenvalue weighted by Gasteiger charge is 2.16. The molecule has 0 atom stereocenters. The predicted molar refractivity (Wildman–Crippen MR) is 79.2 cm³/mol. The normalized spacial score (nSPS) is 12.8. The van der Waals surface area contributed by atoms with Gasteiger partial charge in [0.25, 0.3) is 0 Å². The highest BCUT2D eigenvalue weighted by Crippen LogP contribution is 2.25. The third-order valence-corrected chi connectivity index (χ3v) is 3.58. The highest BCUT2D eigenvalue weighted by molar-refractivity contribution is 5.55. The van der Waals surface area contributed by atoms with Gasteiger partial charge in [-0.3, -0.25) is 0 Å². The average Bonchev–Trinajstić information content (AvgIpc) is 2.91. The average molecular weight is 264 g/mol. The van der Waals surface area contributed by atoms with Gasteiger partial charge in [-0.15, -0.1) is 0 Å². The van der Waals surface area contributed by atoms with Gasteiger partial charge in [-0.25, -0.2) is 4.98 Å². The van der Waals surface area contributed by atoms with E-state index in [0.29, 0.717) is 17.9 Å². The van der Waals surface area contributed by atoms with Crippen LogP contribution in [0.2, 0.25) is 0 Å². The minimum atomic E-state index is 0.617. The van der Waals surface area contributed by atoms with Crippen LogP contribution < -0.4 is 11.1 Å². The summed E-state index contributed by atoms with van der Waals surface area (Å²) < 4.78 is 0. The van der Waals surface area contributed by atoms with Crippen molar-refractivity contribution < 1.29 is 0 Å². The lowest BCUT2D eigenvalue weighted by Crippen LogP contribution is -2.06. The molecular formula is C16H16N4. The number of aromatic nitrogens is 1. The second-order valence-electron chi connectivity index (χ2n) is 5.05. The number of hydrogen-bond acceptors (Lipinski definition) is 4. The SMILES string of the molecule is N#Cc1cc2c(nc1NCc1cccc(N)c1)CCC2. The molecule has 0 bridgehead atoms. The molecule has 2 aromatic rings. The van der Waals surface area contributed by atoms with E-state index in [-0.39, 0.29) is 0 Å². The van der Waals surface area contributed by atoms with Crippen molar-refractivity contribution in [2.45, 2.75) is 25.8 Å². The molecule has 3 rings (SSSR count). The summed E-state index contributed by atoms with van der Waals surface area (Å²) in [7, 11) is 0. The zero-order chi connectivity index (χ0) is 13.9. The fraction of sp³-hybridized carbons (Fsp3) is 0.250. The molecule has 0 radical (unpaired) electrons. The van der Waals surface area contributed by atoms with Gasteiger partial charge in [0, 0.05) is 17.9 Å². The molecule has 0 spiro atoms. The van der Waals surface area contributed by atoms with Crippen LogP contribution in [0.3, 0.4) is 0 Å². The quantitative estimate of drug-likeness (QED) is 0.836. The molecule has 0 fully saturated rings. The Morgan fingerprint density at radius 2 is 2.20 bits per heavy atom. The summed E-state index contributed by atoms with van der Waals surface area (Å²) in [6.07, 6.45) is 3.17. The molecule has 1 aliphatic rings. The van der Waals surface area contributed by atoms with E-state index in [9.17, 15) is 5.26 Å². The number of nitrogens with one attached hydrogen (secondary N) is 1. The Bertz CT molecular complexity index is 685. The number of rotatable bonds is 3. The number of nitrogen functional groups attached to an aromatic ring is 1. The number of hydrogen-bond donors (Lipinski definition) is 2. The maximum atomic E-state index is 9.24. The standard InChI is InChI=1S/C16H16N4/c17-9-13-8-12-4-2-6-15(12)20-16(13)19-10-11-3-1-5-14(18)7-11/h1,3,5,7-8H,2,4,6,10,18H2,(H,19,20). The van der Waals surface area contributed by atoms with Crippen LogP contribution in [0, 0.1) is 11.3 Å². The van der Waals surface area contributed by atoms with Crippen molar-refractivity contribution in [1.29, 1.82) is 5.26 Å². The van der Waals surface area contributed by atoms with Gasteiger partial charge in [0.05, 0.1) is 5.56 Å². The summed E-state index contributed by atoms with van der Waals surface area (Å²) in [5, 5.41) is 12.5. The molecule has 0 saturated heterocycles. The van der Waals surface area contributed by atoms with E-state index in [4.69, 9.17) is 5.73 Å². The molecule has 0 amide bonds. The van der Waals surface area contributed by atoms with Crippen molar-refractivity contribution in [2.75, 3.05) is 11.1 Å². The number of fused-ring (bicyclic) bond motifs is 1. The van der Waals surface area contributed by atoms with Crippen molar-refractivity contribution in [3.8, 4) is 6.07 Å².